The van der Waals surface area contributed by atoms with Crippen LogP contribution in [0, 0.1) is 10.1 Å². The molecule has 0 aliphatic carbocycles. The summed E-state index contributed by atoms with van der Waals surface area (Å²) in [6.07, 6.45) is 0. The fourth-order valence-corrected chi connectivity index (χ4v) is 3.03. The molecule has 2 rings (SSSR count). The molecule has 0 heterocycles. The molecule has 2 aromatic rings. The summed E-state index contributed by atoms with van der Waals surface area (Å²) in [4.78, 5) is 11.7. The summed E-state index contributed by atoms with van der Waals surface area (Å²) < 4.78 is 10.8. The second-order valence-corrected chi connectivity index (χ2v) is 6.16. The van der Waals surface area contributed by atoms with Crippen molar-refractivity contribution < 1.29 is 19.5 Å². The van der Waals surface area contributed by atoms with E-state index in [1.807, 2.05) is 30.3 Å². The average molecular weight is 347 g/mol. The zero-order chi connectivity index (χ0) is 18.5. The third kappa shape index (κ3) is 3.51. The number of ether oxygens (including phenoxy) is 2. The number of rotatable bonds is 9. The first kappa shape index (κ1) is 19.3. The summed E-state index contributed by atoms with van der Waals surface area (Å²) >= 11 is 0. The molecule has 0 amide bonds. The van der Waals surface area contributed by atoms with E-state index in [9.17, 15) is 15.2 Å². The van der Waals surface area contributed by atoms with Gasteiger partial charge in [-0.25, -0.2) is 0 Å². The molecule has 2 aromatic carbocycles. The van der Waals surface area contributed by atoms with E-state index in [0.717, 1.165) is 10.8 Å². The van der Waals surface area contributed by atoms with Crippen molar-refractivity contribution in [2.75, 3.05) is 26.4 Å². The number of fused-ring (bicyclic) bond motifs is 1. The molecule has 0 saturated heterocycles. The van der Waals surface area contributed by atoms with E-state index in [1.165, 1.54) is 6.92 Å². The molecule has 0 aliphatic rings. The van der Waals surface area contributed by atoms with Crippen molar-refractivity contribution in [2.24, 2.45) is 0 Å². The molecule has 136 valence electrons. The monoisotopic (exact) mass is 347 g/mol. The largest absolute Gasteiger partial charge is 0.378 e. The van der Waals surface area contributed by atoms with Gasteiger partial charge in [0.15, 0.2) is 5.60 Å². The fraction of sp³-hybridized carbons (Fsp3) is 0.474. The number of nitro groups is 1. The van der Waals surface area contributed by atoms with Crippen LogP contribution in [0.3, 0.4) is 0 Å². The summed E-state index contributed by atoms with van der Waals surface area (Å²) in [5.41, 5.74) is -3.16. The maximum Gasteiger partial charge on any atom is 0.277 e. The first-order valence-electron chi connectivity index (χ1n) is 8.41. The predicted octanol–water partition coefficient (Wildman–Crippen LogP) is 3.14. The molecule has 0 radical (unpaired) electrons. The Morgan fingerprint density at radius 2 is 1.60 bits per heavy atom. The molecule has 0 aromatic heterocycles. The molecule has 0 aliphatic heterocycles. The minimum atomic E-state index is -1.81. The number of hydrogen-bond acceptors (Lipinski definition) is 5. The van der Waals surface area contributed by atoms with E-state index in [-0.39, 0.29) is 13.2 Å². The van der Waals surface area contributed by atoms with Crippen molar-refractivity contribution in [1.29, 1.82) is 0 Å². The highest BCUT2D eigenvalue weighted by atomic mass is 16.6. The quantitative estimate of drug-likeness (QED) is 0.557. The molecule has 0 fully saturated rings. The van der Waals surface area contributed by atoms with Crippen LogP contribution in [0.15, 0.2) is 42.5 Å². The first-order valence-corrected chi connectivity index (χ1v) is 8.41. The van der Waals surface area contributed by atoms with Crippen molar-refractivity contribution in [3.63, 3.8) is 0 Å². The van der Waals surface area contributed by atoms with E-state index in [0.29, 0.717) is 18.8 Å². The molecule has 1 N–H and O–H groups in total. The minimum Gasteiger partial charge on any atom is -0.378 e. The standard InChI is InChI=1S/C19H25NO5/c1-4-24-13-19(21,14-25-5-2)18(3,20(22)23)17-12-8-10-15-9-6-7-11-16(15)17/h6-12,21H,4-5,13-14H2,1-3H3. The molecule has 0 bridgehead atoms. The van der Waals surface area contributed by atoms with E-state index in [1.54, 1.807) is 26.0 Å². The number of benzene rings is 2. The smallest absolute Gasteiger partial charge is 0.277 e. The maximum atomic E-state index is 12.2. The van der Waals surface area contributed by atoms with E-state index >= 15 is 0 Å². The van der Waals surface area contributed by atoms with Crippen LogP contribution in [0.5, 0.6) is 0 Å². The van der Waals surface area contributed by atoms with Crippen LogP contribution in [-0.2, 0) is 15.0 Å². The Morgan fingerprint density at radius 3 is 2.16 bits per heavy atom. The van der Waals surface area contributed by atoms with Crippen LogP contribution in [0.1, 0.15) is 26.3 Å². The second kappa shape index (κ2) is 7.91. The lowest BCUT2D eigenvalue weighted by Crippen LogP contribution is -2.60. The van der Waals surface area contributed by atoms with Gasteiger partial charge in [-0.15, -0.1) is 0 Å². The normalized spacial score (nSPS) is 14.4. The Labute approximate surface area is 147 Å². The summed E-state index contributed by atoms with van der Waals surface area (Å²) in [7, 11) is 0. The van der Waals surface area contributed by atoms with Crippen molar-refractivity contribution in [3.8, 4) is 0 Å². The van der Waals surface area contributed by atoms with Crippen LogP contribution >= 0.6 is 0 Å². The molecule has 1 atom stereocenters. The van der Waals surface area contributed by atoms with Crippen LogP contribution in [0.25, 0.3) is 10.8 Å². The van der Waals surface area contributed by atoms with Crippen molar-refractivity contribution in [2.45, 2.75) is 31.9 Å². The molecule has 0 saturated carbocycles. The molecule has 0 spiro atoms. The summed E-state index contributed by atoms with van der Waals surface area (Å²) in [6.45, 7) is 5.31. The first-order chi connectivity index (χ1) is 11.9. The highest BCUT2D eigenvalue weighted by Gasteiger charge is 2.59. The van der Waals surface area contributed by atoms with Gasteiger partial charge >= 0.3 is 0 Å². The lowest BCUT2D eigenvalue weighted by molar-refractivity contribution is -0.602. The van der Waals surface area contributed by atoms with Crippen molar-refractivity contribution in [1.82, 2.24) is 0 Å². The van der Waals surface area contributed by atoms with E-state index in [2.05, 4.69) is 0 Å². The zero-order valence-electron chi connectivity index (χ0n) is 14.9. The fourth-order valence-electron chi connectivity index (χ4n) is 3.03. The third-order valence-corrected chi connectivity index (χ3v) is 4.68. The van der Waals surface area contributed by atoms with E-state index in [4.69, 9.17) is 9.47 Å². The van der Waals surface area contributed by atoms with Gasteiger partial charge in [-0.05, 0) is 24.6 Å². The summed E-state index contributed by atoms with van der Waals surface area (Å²) in [5.74, 6) is 0. The highest BCUT2D eigenvalue weighted by molar-refractivity contribution is 5.86. The Balaban J connectivity index is 2.67. The number of aliphatic hydroxyl groups is 1. The molecule has 6 nitrogen and oxygen atoms in total. The summed E-state index contributed by atoms with van der Waals surface area (Å²) in [5, 5.41) is 25.1. The van der Waals surface area contributed by atoms with Crippen molar-refractivity contribution >= 4 is 10.8 Å². The predicted molar refractivity (Wildman–Crippen MR) is 96.2 cm³/mol. The lowest BCUT2D eigenvalue weighted by Gasteiger charge is -2.38. The van der Waals surface area contributed by atoms with Gasteiger partial charge in [0.2, 0.25) is 0 Å². The topological polar surface area (TPSA) is 81.8 Å². The molecular formula is C19H25NO5. The van der Waals surface area contributed by atoms with Gasteiger partial charge in [-0.3, -0.25) is 10.1 Å². The van der Waals surface area contributed by atoms with Gasteiger partial charge in [0.25, 0.3) is 5.54 Å². The number of nitrogens with zero attached hydrogens (tertiary/aromatic N) is 1. The van der Waals surface area contributed by atoms with Gasteiger partial charge in [-0.1, -0.05) is 42.5 Å². The lowest BCUT2D eigenvalue weighted by atomic mass is 9.75. The Bertz CT molecular complexity index is 719. The molecular weight excluding hydrogens is 322 g/mol. The van der Waals surface area contributed by atoms with Gasteiger partial charge in [-0.2, -0.15) is 0 Å². The van der Waals surface area contributed by atoms with Gasteiger partial charge < -0.3 is 14.6 Å². The average Bonchev–Trinajstić information content (AvgIpc) is 2.63. The van der Waals surface area contributed by atoms with Crippen LogP contribution in [0.2, 0.25) is 0 Å². The number of hydrogen-bond donors (Lipinski definition) is 1. The maximum absolute atomic E-state index is 12.2. The molecule has 6 heteroatoms. The molecule has 1 unspecified atom stereocenters. The van der Waals surface area contributed by atoms with Crippen LogP contribution in [-0.4, -0.2) is 42.1 Å². The van der Waals surface area contributed by atoms with Crippen LogP contribution in [0.4, 0.5) is 0 Å². The molecule has 25 heavy (non-hydrogen) atoms. The Kier molecular flexibility index (Phi) is 6.11. The third-order valence-electron chi connectivity index (χ3n) is 4.68. The Hall–Kier alpha value is -2.02. The zero-order valence-corrected chi connectivity index (χ0v) is 14.9. The van der Waals surface area contributed by atoms with Crippen molar-refractivity contribution in [3.05, 3.63) is 58.1 Å². The van der Waals surface area contributed by atoms with Crippen LogP contribution < -0.4 is 0 Å². The highest BCUT2D eigenvalue weighted by Crippen LogP contribution is 2.40. The van der Waals surface area contributed by atoms with E-state index < -0.39 is 16.1 Å². The second-order valence-electron chi connectivity index (χ2n) is 6.16. The summed E-state index contributed by atoms with van der Waals surface area (Å²) in [6, 6.07) is 12.8. The van der Waals surface area contributed by atoms with Gasteiger partial charge in [0, 0.05) is 30.6 Å². The minimum absolute atomic E-state index is 0.190. The van der Waals surface area contributed by atoms with Gasteiger partial charge in [0.1, 0.15) is 0 Å². The SMILES string of the molecule is CCOCC(O)(COCC)C(C)(c1cccc2ccccc12)[N+](=O)[O-]. The van der Waals surface area contributed by atoms with Gasteiger partial charge in [0.05, 0.1) is 13.2 Å². The Morgan fingerprint density at radius 1 is 1.04 bits per heavy atom.